The molecule has 0 aromatic carbocycles. The van der Waals surface area contributed by atoms with Gasteiger partial charge in [0.25, 0.3) is 0 Å². The van der Waals surface area contributed by atoms with Crippen molar-refractivity contribution in [3.05, 3.63) is 0 Å². The molecule has 18 heavy (non-hydrogen) atoms. The first kappa shape index (κ1) is 13.3. The third-order valence-corrected chi connectivity index (χ3v) is 4.38. The molecule has 2 rings (SSSR count). The van der Waals surface area contributed by atoms with Crippen LogP contribution in [0.25, 0.3) is 0 Å². The van der Waals surface area contributed by atoms with Gasteiger partial charge in [-0.15, -0.1) is 0 Å². The van der Waals surface area contributed by atoms with E-state index in [1.165, 1.54) is 0 Å². The van der Waals surface area contributed by atoms with Crippen LogP contribution in [0.2, 0.25) is 0 Å². The Kier molecular flexibility index (Phi) is 3.13. The van der Waals surface area contributed by atoms with E-state index in [2.05, 4.69) is 13.8 Å². The molecule has 102 valence electrons. The zero-order chi connectivity index (χ0) is 13.6. The normalized spacial score (nSPS) is 36.0. The number of amides is 2. The second kappa shape index (κ2) is 4.23. The number of hydrogen-bond donors (Lipinski definition) is 2. The smallest absolute Gasteiger partial charge is 0.243 e. The van der Waals surface area contributed by atoms with Gasteiger partial charge in [0, 0.05) is 6.54 Å². The fourth-order valence-electron chi connectivity index (χ4n) is 3.54. The number of hydrogen-bond acceptors (Lipinski definition) is 3. The van der Waals surface area contributed by atoms with E-state index in [-0.39, 0.29) is 11.8 Å². The molecule has 0 saturated carbocycles. The Labute approximate surface area is 108 Å². The Bertz CT molecular complexity index is 382. The maximum atomic E-state index is 12.6. The molecule has 0 aliphatic carbocycles. The second-order valence-corrected chi connectivity index (χ2v) is 6.21. The topological polar surface area (TPSA) is 89.4 Å². The van der Waals surface area contributed by atoms with Crippen molar-refractivity contribution in [3.63, 3.8) is 0 Å². The molecule has 2 saturated heterocycles. The highest BCUT2D eigenvalue weighted by molar-refractivity contribution is 5.96. The van der Waals surface area contributed by atoms with Crippen molar-refractivity contribution in [1.29, 1.82) is 0 Å². The molecule has 0 radical (unpaired) electrons. The van der Waals surface area contributed by atoms with E-state index < -0.39 is 11.1 Å². The summed E-state index contributed by atoms with van der Waals surface area (Å²) in [5.74, 6) is -0.0960. The van der Waals surface area contributed by atoms with Gasteiger partial charge in [-0.2, -0.15) is 0 Å². The van der Waals surface area contributed by atoms with E-state index >= 15 is 0 Å². The Morgan fingerprint density at radius 3 is 2.61 bits per heavy atom. The highest BCUT2D eigenvalue weighted by Gasteiger charge is 2.56. The number of nitrogens with two attached hydrogens (primary N) is 2. The summed E-state index contributed by atoms with van der Waals surface area (Å²) in [6.45, 7) is 4.72. The summed E-state index contributed by atoms with van der Waals surface area (Å²) >= 11 is 0. The average Bonchev–Trinajstić information content (AvgIpc) is 2.68. The highest BCUT2D eigenvalue weighted by Crippen LogP contribution is 2.42. The average molecular weight is 253 g/mol. The lowest BCUT2D eigenvalue weighted by Crippen LogP contribution is -2.68. The monoisotopic (exact) mass is 253 g/mol. The summed E-state index contributed by atoms with van der Waals surface area (Å²) in [7, 11) is 0. The minimum atomic E-state index is -0.808. The molecular formula is C13H23N3O2. The zero-order valence-electron chi connectivity index (χ0n) is 11.2. The molecule has 0 aromatic heterocycles. The molecule has 2 heterocycles. The Hall–Kier alpha value is -1.10. The van der Waals surface area contributed by atoms with Gasteiger partial charge in [0.15, 0.2) is 0 Å². The van der Waals surface area contributed by atoms with Gasteiger partial charge in [0.1, 0.15) is 5.54 Å². The molecule has 2 amide bonds. The number of carbonyl (C=O) groups excluding carboxylic acids is 2. The minimum Gasteiger partial charge on any atom is -0.368 e. The quantitative estimate of drug-likeness (QED) is 0.761. The van der Waals surface area contributed by atoms with E-state index in [0.717, 1.165) is 6.42 Å². The van der Waals surface area contributed by atoms with Crippen molar-refractivity contribution in [3.8, 4) is 0 Å². The van der Waals surface area contributed by atoms with Crippen LogP contribution in [0, 0.1) is 5.92 Å². The van der Waals surface area contributed by atoms with Crippen molar-refractivity contribution in [2.24, 2.45) is 17.4 Å². The summed E-state index contributed by atoms with van der Waals surface area (Å²) < 4.78 is 0. The fraction of sp³-hybridized carbons (Fsp3) is 0.846. The summed E-state index contributed by atoms with van der Waals surface area (Å²) in [5.41, 5.74) is 10.2. The van der Waals surface area contributed by atoms with E-state index in [4.69, 9.17) is 11.5 Å². The van der Waals surface area contributed by atoms with Crippen molar-refractivity contribution < 1.29 is 9.59 Å². The lowest BCUT2D eigenvalue weighted by Gasteiger charge is -2.47. The van der Waals surface area contributed by atoms with Gasteiger partial charge in [-0.05, 0) is 38.0 Å². The molecular weight excluding hydrogens is 230 g/mol. The molecule has 2 aliphatic heterocycles. The van der Waals surface area contributed by atoms with Crippen LogP contribution in [-0.2, 0) is 9.59 Å². The van der Waals surface area contributed by atoms with E-state index in [1.807, 2.05) is 0 Å². The van der Waals surface area contributed by atoms with Crippen LogP contribution in [0.1, 0.15) is 46.0 Å². The van der Waals surface area contributed by atoms with E-state index in [0.29, 0.717) is 38.1 Å². The van der Waals surface area contributed by atoms with Crippen LogP contribution < -0.4 is 11.5 Å². The minimum absolute atomic E-state index is 0.0845. The van der Waals surface area contributed by atoms with Gasteiger partial charge >= 0.3 is 0 Å². The maximum Gasteiger partial charge on any atom is 0.243 e. The second-order valence-electron chi connectivity index (χ2n) is 6.21. The predicted molar refractivity (Wildman–Crippen MR) is 68.5 cm³/mol. The molecule has 0 spiro atoms. The Balaban J connectivity index is 2.28. The van der Waals surface area contributed by atoms with Crippen LogP contribution in [0.4, 0.5) is 0 Å². The number of nitrogens with zero attached hydrogens (tertiary/aromatic N) is 1. The van der Waals surface area contributed by atoms with E-state index in [9.17, 15) is 9.59 Å². The molecule has 0 aromatic rings. The molecule has 0 bridgehead atoms. The standard InChI is InChI=1S/C13H23N3O2/c1-9(2)8-12(15)5-6-13(10(14)17)4-3-7-16(13)11(12)18/h9H,3-8,15H2,1-2H3,(H2,14,17)/t12-,13+/m0/s1. The third kappa shape index (κ3) is 1.81. The van der Waals surface area contributed by atoms with Crippen LogP contribution >= 0.6 is 0 Å². The lowest BCUT2D eigenvalue weighted by atomic mass is 9.74. The molecule has 2 atom stereocenters. The predicted octanol–water partition coefficient (Wildman–Crippen LogP) is 0.370. The summed E-state index contributed by atoms with van der Waals surface area (Å²) in [6, 6.07) is 0. The van der Waals surface area contributed by atoms with Crippen molar-refractivity contribution >= 4 is 11.8 Å². The van der Waals surface area contributed by atoms with Gasteiger partial charge < -0.3 is 16.4 Å². The largest absolute Gasteiger partial charge is 0.368 e. The third-order valence-electron chi connectivity index (χ3n) is 4.38. The van der Waals surface area contributed by atoms with Crippen molar-refractivity contribution in [1.82, 2.24) is 4.90 Å². The molecule has 2 fully saturated rings. The SMILES string of the molecule is CC(C)C[C@@]1(N)CC[C@@]2(C(N)=O)CCCN2C1=O. The van der Waals surface area contributed by atoms with Gasteiger partial charge in [-0.3, -0.25) is 9.59 Å². The number of carbonyl (C=O) groups is 2. The fourth-order valence-corrected chi connectivity index (χ4v) is 3.54. The van der Waals surface area contributed by atoms with Crippen LogP contribution in [0.15, 0.2) is 0 Å². The molecule has 5 heteroatoms. The van der Waals surface area contributed by atoms with Gasteiger partial charge in [0.2, 0.25) is 11.8 Å². The molecule has 0 unspecified atom stereocenters. The van der Waals surface area contributed by atoms with E-state index in [1.54, 1.807) is 4.90 Å². The number of fused-ring (bicyclic) bond motifs is 1. The van der Waals surface area contributed by atoms with Crippen LogP contribution in [-0.4, -0.2) is 34.3 Å². The molecule has 2 aliphatic rings. The number of primary amides is 1. The number of rotatable bonds is 3. The lowest BCUT2D eigenvalue weighted by molar-refractivity contribution is -0.154. The van der Waals surface area contributed by atoms with Gasteiger partial charge in [0.05, 0.1) is 5.54 Å². The maximum absolute atomic E-state index is 12.6. The first-order valence-electron chi connectivity index (χ1n) is 6.73. The Morgan fingerprint density at radius 1 is 1.39 bits per heavy atom. The van der Waals surface area contributed by atoms with Gasteiger partial charge in [-0.25, -0.2) is 0 Å². The molecule has 5 nitrogen and oxygen atoms in total. The first-order chi connectivity index (χ1) is 8.32. The highest BCUT2D eigenvalue weighted by atomic mass is 16.2. The Morgan fingerprint density at radius 2 is 2.06 bits per heavy atom. The number of piperidine rings is 1. The zero-order valence-corrected chi connectivity index (χ0v) is 11.2. The van der Waals surface area contributed by atoms with Crippen molar-refractivity contribution in [2.45, 2.75) is 57.0 Å². The van der Waals surface area contributed by atoms with Crippen LogP contribution in [0.5, 0.6) is 0 Å². The summed E-state index contributed by atoms with van der Waals surface area (Å²) in [4.78, 5) is 25.9. The van der Waals surface area contributed by atoms with Crippen LogP contribution in [0.3, 0.4) is 0 Å². The van der Waals surface area contributed by atoms with Crippen molar-refractivity contribution in [2.75, 3.05) is 6.54 Å². The summed E-state index contributed by atoms with van der Waals surface area (Å²) in [6.07, 6.45) is 3.36. The first-order valence-corrected chi connectivity index (χ1v) is 6.73. The summed E-state index contributed by atoms with van der Waals surface area (Å²) in [5, 5.41) is 0. The molecule has 4 N–H and O–H groups in total. The van der Waals surface area contributed by atoms with Gasteiger partial charge in [-0.1, -0.05) is 13.8 Å².